The second-order valence-corrected chi connectivity index (χ2v) is 6.85. The molecular formula is C25H19N3O2. The van der Waals surface area contributed by atoms with Gasteiger partial charge in [0.05, 0.1) is 12.5 Å². The second-order valence-electron chi connectivity index (χ2n) is 6.85. The largest absolute Gasteiger partial charge is 0.497 e. The molecule has 30 heavy (non-hydrogen) atoms. The van der Waals surface area contributed by atoms with Crippen LogP contribution in [0.3, 0.4) is 0 Å². The smallest absolute Gasteiger partial charge is 0.231 e. The summed E-state index contributed by atoms with van der Waals surface area (Å²) in [6, 6.07) is 28.1. The third kappa shape index (κ3) is 3.49. The van der Waals surface area contributed by atoms with E-state index >= 15 is 0 Å². The van der Waals surface area contributed by atoms with E-state index in [0.29, 0.717) is 5.88 Å². The predicted octanol–water partition coefficient (Wildman–Crippen LogP) is 6.09. The monoisotopic (exact) mass is 393 g/mol. The summed E-state index contributed by atoms with van der Waals surface area (Å²) >= 11 is 0. The Kier molecular flexibility index (Phi) is 4.62. The Hall–Kier alpha value is -4.12. The summed E-state index contributed by atoms with van der Waals surface area (Å²) in [5.41, 5.74) is 4.96. The first-order chi connectivity index (χ1) is 14.8. The predicted molar refractivity (Wildman–Crippen MR) is 118 cm³/mol. The molecule has 0 radical (unpaired) electrons. The molecule has 0 bridgehead atoms. The minimum atomic E-state index is 0.512. The molecule has 5 aromatic rings. The summed E-state index contributed by atoms with van der Waals surface area (Å²) < 4.78 is 11.4. The van der Waals surface area contributed by atoms with Crippen molar-refractivity contribution < 1.29 is 9.47 Å². The number of nitrogens with zero attached hydrogens (tertiary/aromatic N) is 2. The average molecular weight is 393 g/mol. The van der Waals surface area contributed by atoms with Crippen molar-refractivity contribution in [2.24, 2.45) is 0 Å². The average Bonchev–Trinajstić information content (AvgIpc) is 3.26. The fourth-order valence-electron chi connectivity index (χ4n) is 3.40. The summed E-state index contributed by atoms with van der Waals surface area (Å²) in [7, 11) is 1.66. The van der Waals surface area contributed by atoms with Gasteiger partial charge in [-0.1, -0.05) is 54.6 Å². The molecule has 0 saturated heterocycles. The van der Waals surface area contributed by atoms with Crippen molar-refractivity contribution in [2.45, 2.75) is 0 Å². The molecule has 0 aliphatic carbocycles. The molecule has 5 rings (SSSR count). The molecule has 5 nitrogen and oxygen atoms in total. The number of hydrogen-bond acceptors (Lipinski definition) is 4. The van der Waals surface area contributed by atoms with E-state index in [9.17, 15) is 0 Å². The van der Waals surface area contributed by atoms with Crippen molar-refractivity contribution in [1.82, 2.24) is 15.0 Å². The van der Waals surface area contributed by atoms with E-state index in [4.69, 9.17) is 9.47 Å². The van der Waals surface area contributed by atoms with Crippen molar-refractivity contribution >= 4 is 11.0 Å². The van der Waals surface area contributed by atoms with Crippen LogP contribution in [-0.4, -0.2) is 22.1 Å². The third-order valence-electron chi connectivity index (χ3n) is 4.95. The molecule has 146 valence electrons. The summed E-state index contributed by atoms with van der Waals surface area (Å²) in [5.74, 6) is 2.03. The van der Waals surface area contributed by atoms with Gasteiger partial charge in [0.1, 0.15) is 23.5 Å². The van der Waals surface area contributed by atoms with Crippen molar-refractivity contribution in [2.75, 3.05) is 7.11 Å². The first-order valence-electron chi connectivity index (χ1n) is 9.62. The van der Waals surface area contributed by atoms with E-state index in [-0.39, 0.29) is 0 Å². The van der Waals surface area contributed by atoms with E-state index in [2.05, 4.69) is 27.1 Å². The minimum absolute atomic E-state index is 0.512. The van der Waals surface area contributed by atoms with Crippen LogP contribution in [0.2, 0.25) is 0 Å². The number of aromatic nitrogens is 3. The van der Waals surface area contributed by atoms with Gasteiger partial charge in [-0.3, -0.25) is 0 Å². The zero-order valence-corrected chi connectivity index (χ0v) is 16.4. The molecule has 0 spiro atoms. The highest BCUT2D eigenvalue weighted by Gasteiger charge is 2.12. The number of nitrogens with one attached hydrogen (secondary N) is 1. The molecule has 0 saturated carbocycles. The molecule has 5 heteroatoms. The third-order valence-corrected chi connectivity index (χ3v) is 4.95. The number of hydrogen-bond donors (Lipinski definition) is 1. The first-order valence-corrected chi connectivity index (χ1v) is 9.62. The highest BCUT2D eigenvalue weighted by atomic mass is 16.5. The number of methoxy groups -OCH3 is 1. The molecule has 0 aliphatic rings. The Balaban J connectivity index is 1.45. The van der Waals surface area contributed by atoms with E-state index < -0.39 is 0 Å². The molecule has 1 N–H and O–H groups in total. The number of fused-ring (bicyclic) bond motifs is 1. The van der Waals surface area contributed by atoms with Gasteiger partial charge in [0, 0.05) is 11.3 Å². The Bertz CT molecular complexity index is 1300. The molecule has 0 fully saturated rings. The van der Waals surface area contributed by atoms with Gasteiger partial charge in [-0.2, -0.15) is 0 Å². The quantitative estimate of drug-likeness (QED) is 0.392. The second kappa shape index (κ2) is 7.72. The number of rotatable bonds is 5. The lowest BCUT2D eigenvalue weighted by atomic mass is 10.1. The lowest BCUT2D eigenvalue weighted by Crippen LogP contribution is -1.90. The maximum absolute atomic E-state index is 6.08. The van der Waals surface area contributed by atoms with Crippen LogP contribution in [0.25, 0.3) is 33.4 Å². The van der Waals surface area contributed by atoms with E-state index in [1.54, 1.807) is 7.11 Å². The topological polar surface area (TPSA) is 60.0 Å². The Morgan fingerprint density at radius 3 is 2.27 bits per heavy atom. The van der Waals surface area contributed by atoms with Crippen molar-refractivity contribution in [3.8, 4) is 39.8 Å². The standard InChI is InChI=1S/C25H19N3O2/c1-29-21-9-5-8-19(14-21)23-15-22-24(28-23)26-16-27-25(22)30-20-12-10-18(11-13-20)17-6-3-2-4-7-17/h2-16H,1H3,(H,26,27,28). The highest BCUT2D eigenvalue weighted by molar-refractivity contribution is 5.87. The van der Waals surface area contributed by atoms with Gasteiger partial charge in [0.15, 0.2) is 0 Å². The molecule has 0 amide bonds. The van der Waals surface area contributed by atoms with Crippen LogP contribution >= 0.6 is 0 Å². The van der Waals surface area contributed by atoms with Gasteiger partial charge in [-0.25, -0.2) is 9.97 Å². The van der Waals surface area contributed by atoms with Crippen LogP contribution in [0, 0.1) is 0 Å². The lowest BCUT2D eigenvalue weighted by molar-refractivity contribution is 0.415. The summed E-state index contributed by atoms with van der Waals surface area (Å²) in [5, 5.41) is 0.822. The number of ether oxygens (including phenoxy) is 2. The van der Waals surface area contributed by atoms with Crippen LogP contribution in [0.15, 0.2) is 91.3 Å². The van der Waals surface area contributed by atoms with E-state index in [1.807, 2.05) is 72.8 Å². The minimum Gasteiger partial charge on any atom is -0.497 e. The summed E-state index contributed by atoms with van der Waals surface area (Å²) in [6.07, 6.45) is 1.50. The van der Waals surface area contributed by atoms with Crippen molar-refractivity contribution in [1.29, 1.82) is 0 Å². The van der Waals surface area contributed by atoms with Crippen LogP contribution in [0.4, 0.5) is 0 Å². The van der Waals surface area contributed by atoms with Crippen molar-refractivity contribution in [3.63, 3.8) is 0 Å². The normalized spacial score (nSPS) is 10.8. The highest BCUT2D eigenvalue weighted by Crippen LogP contribution is 2.32. The first kappa shape index (κ1) is 17.9. The summed E-state index contributed by atoms with van der Waals surface area (Å²) in [4.78, 5) is 12.0. The van der Waals surface area contributed by atoms with E-state index in [1.165, 1.54) is 11.9 Å². The fraction of sp³-hybridized carbons (Fsp3) is 0.0400. The lowest BCUT2D eigenvalue weighted by Gasteiger charge is -2.07. The Morgan fingerprint density at radius 1 is 0.700 bits per heavy atom. The van der Waals surface area contributed by atoms with Crippen LogP contribution in [0.5, 0.6) is 17.4 Å². The zero-order valence-electron chi connectivity index (χ0n) is 16.4. The maximum Gasteiger partial charge on any atom is 0.231 e. The fourth-order valence-corrected chi connectivity index (χ4v) is 3.40. The van der Waals surface area contributed by atoms with Gasteiger partial charge in [0.25, 0.3) is 0 Å². The van der Waals surface area contributed by atoms with Crippen molar-refractivity contribution in [3.05, 3.63) is 91.3 Å². The SMILES string of the molecule is COc1cccc(-c2cc3c(Oc4ccc(-c5ccccc5)cc4)ncnc3[nH]2)c1. The van der Waals surface area contributed by atoms with Gasteiger partial charge < -0.3 is 14.5 Å². The van der Waals surface area contributed by atoms with Crippen LogP contribution < -0.4 is 9.47 Å². The van der Waals surface area contributed by atoms with E-state index in [0.717, 1.165) is 39.4 Å². The maximum atomic E-state index is 6.08. The van der Waals surface area contributed by atoms with Gasteiger partial charge in [-0.15, -0.1) is 0 Å². The molecule has 0 aliphatic heterocycles. The van der Waals surface area contributed by atoms with Gasteiger partial charge in [-0.05, 0) is 41.5 Å². The van der Waals surface area contributed by atoms with Crippen LogP contribution in [-0.2, 0) is 0 Å². The molecular weight excluding hydrogens is 374 g/mol. The number of aromatic amines is 1. The Morgan fingerprint density at radius 2 is 1.47 bits per heavy atom. The number of benzene rings is 3. The van der Waals surface area contributed by atoms with Gasteiger partial charge >= 0.3 is 0 Å². The molecule has 0 atom stereocenters. The number of H-pyrrole nitrogens is 1. The zero-order chi connectivity index (χ0) is 20.3. The molecule has 0 unspecified atom stereocenters. The molecule has 2 heterocycles. The van der Waals surface area contributed by atoms with Crippen LogP contribution in [0.1, 0.15) is 0 Å². The molecule has 2 aromatic heterocycles. The summed E-state index contributed by atoms with van der Waals surface area (Å²) in [6.45, 7) is 0. The van der Waals surface area contributed by atoms with Gasteiger partial charge in [0.2, 0.25) is 5.88 Å². The Labute approximate surface area is 174 Å². The molecule has 3 aromatic carbocycles.